The average Bonchev–Trinajstić information content (AvgIpc) is 3.35. The zero-order valence-electron chi connectivity index (χ0n) is 46.0. The van der Waals surface area contributed by atoms with Crippen LogP contribution in [0.3, 0.4) is 0 Å². The van der Waals surface area contributed by atoms with Crippen molar-refractivity contribution in [2.24, 2.45) is 0 Å². The van der Waals surface area contributed by atoms with E-state index in [9.17, 15) is 19.8 Å². The number of nitrogens with one attached hydrogen (secondary N) is 1. The minimum absolute atomic E-state index is 0.0420. The largest absolute Gasteiger partial charge is 0.466 e. The Morgan fingerprint density at radius 2 is 0.725 bits per heavy atom. The van der Waals surface area contributed by atoms with Gasteiger partial charge in [0.1, 0.15) is 0 Å². The standard InChI is InChI=1S/C63H117NO5/c1-3-5-7-9-11-13-15-17-19-21-23-24-25-26-28-29-31-33-35-39-43-47-51-55-61(66)60(59-65)64-62(67)56-52-48-44-40-37-38-42-46-50-54-58-69-63(68)57-53-49-45-41-36-34-32-30-27-22-20-18-16-14-12-10-8-6-4-2/h12,14,18,20,38,42,51,55,60-61,65-66H,3-11,13,15-17,19,21-37,39-41,43-50,52-54,56-59H2,1-2H3,(H,64,67)/b14-12-,20-18-,42-38-,55-51+. The topological polar surface area (TPSA) is 95.9 Å². The molecule has 0 aliphatic heterocycles. The van der Waals surface area contributed by atoms with Crippen molar-refractivity contribution < 1.29 is 24.5 Å². The second-order valence-corrected chi connectivity index (χ2v) is 20.7. The van der Waals surface area contributed by atoms with Crippen molar-refractivity contribution in [3.63, 3.8) is 0 Å². The average molecular weight is 969 g/mol. The number of hydrogen-bond donors (Lipinski definition) is 3. The number of carbonyl (C=O) groups excluding carboxylic acids is 2. The molecule has 6 nitrogen and oxygen atoms in total. The summed E-state index contributed by atoms with van der Waals surface area (Å²) in [6.45, 7) is 4.80. The van der Waals surface area contributed by atoms with Gasteiger partial charge < -0.3 is 20.3 Å². The number of esters is 1. The molecule has 0 radical (unpaired) electrons. The molecule has 0 bridgehead atoms. The molecule has 2 atom stereocenters. The maximum atomic E-state index is 12.5. The maximum absolute atomic E-state index is 12.5. The molecule has 69 heavy (non-hydrogen) atoms. The molecule has 0 aromatic heterocycles. The van der Waals surface area contributed by atoms with E-state index in [1.165, 1.54) is 205 Å². The summed E-state index contributed by atoms with van der Waals surface area (Å²) in [5.74, 6) is -0.144. The third-order valence-corrected chi connectivity index (χ3v) is 13.8. The predicted octanol–water partition coefficient (Wildman–Crippen LogP) is 19.0. The van der Waals surface area contributed by atoms with Gasteiger partial charge in [-0.05, 0) is 89.9 Å². The number of rotatable bonds is 56. The molecule has 0 aliphatic carbocycles. The summed E-state index contributed by atoms with van der Waals surface area (Å²) >= 11 is 0. The summed E-state index contributed by atoms with van der Waals surface area (Å²) in [6, 6.07) is -0.656. The highest BCUT2D eigenvalue weighted by Gasteiger charge is 2.18. The Bertz CT molecular complexity index is 1160. The van der Waals surface area contributed by atoms with Gasteiger partial charge in [0.25, 0.3) is 0 Å². The van der Waals surface area contributed by atoms with Crippen molar-refractivity contribution >= 4 is 11.9 Å². The van der Waals surface area contributed by atoms with Crippen LogP contribution in [0, 0.1) is 0 Å². The third-order valence-electron chi connectivity index (χ3n) is 13.8. The molecule has 0 heterocycles. The quantitative estimate of drug-likeness (QED) is 0.0321. The summed E-state index contributed by atoms with van der Waals surface area (Å²) in [6.07, 6.45) is 74.3. The molecule has 6 heteroatoms. The van der Waals surface area contributed by atoms with Crippen molar-refractivity contribution in [1.82, 2.24) is 5.32 Å². The first kappa shape index (κ1) is 66.8. The first-order chi connectivity index (χ1) is 34.0. The molecule has 2 unspecified atom stereocenters. The second-order valence-electron chi connectivity index (χ2n) is 20.7. The lowest BCUT2D eigenvalue weighted by Gasteiger charge is -2.20. The van der Waals surface area contributed by atoms with Crippen LogP contribution in [0.5, 0.6) is 0 Å². The van der Waals surface area contributed by atoms with Crippen LogP contribution < -0.4 is 5.32 Å². The number of hydrogen-bond acceptors (Lipinski definition) is 5. The van der Waals surface area contributed by atoms with Crippen LogP contribution in [0.2, 0.25) is 0 Å². The Balaban J connectivity index is 3.54. The molecule has 1 amide bonds. The molecule has 0 spiro atoms. The van der Waals surface area contributed by atoms with Crippen LogP contribution in [-0.4, -0.2) is 47.4 Å². The van der Waals surface area contributed by atoms with Gasteiger partial charge >= 0.3 is 5.97 Å². The van der Waals surface area contributed by atoms with E-state index in [2.05, 4.69) is 55.6 Å². The monoisotopic (exact) mass is 968 g/mol. The number of aliphatic hydroxyl groups is 2. The van der Waals surface area contributed by atoms with Crippen LogP contribution in [-0.2, 0) is 14.3 Å². The number of aliphatic hydroxyl groups excluding tert-OH is 2. The van der Waals surface area contributed by atoms with Gasteiger partial charge in [-0.3, -0.25) is 9.59 Å². The highest BCUT2D eigenvalue weighted by atomic mass is 16.5. The smallest absolute Gasteiger partial charge is 0.305 e. The molecule has 3 N–H and O–H groups in total. The van der Waals surface area contributed by atoms with Gasteiger partial charge in [-0.2, -0.15) is 0 Å². The lowest BCUT2D eigenvalue weighted by atomic mass is 10.0. The van der Waals surface area contributed by atoms with Crippen molar-refractivity contribution in [1.29, 1.82) is 0 Å². The molecule has 0 rings (SSSR count). The van der Waals surface area contributed by atoms with Crippen LogP contribution in [0.1, 0.15) is 316 Å². The highest BCUT2D eigenvalue weighted by molar-refractivity contribution is 5.76. The van der Waals surface area contributed by atoms with Gasteiger partial charge in [-0.1, -0.05) is 262 Å². The van der Waals surface area contributed by atoms with Gasteiger partial charge in [-0.15, -0.1) is 0 Å². The number of ether oxygens (including phenoxy) is 1. The Morgan fingerprint density at radius 3 is 1.14 bits per heavy atom. The van der Waals surface area contributed by atoms with Crippen LogP contribution in [0.4, 0.5) is 0 Å². The Hall–Kier alpha value is -2.18. The van der Waals surface area contributed by atoms with Crippen molar-refractivity contribution in [3.05, 3.63) is 48.6 Å². The molecular weight excluding hydrogens is 851 g/mol. The number of allylic oxidation sites excluding steroid dienone is 7. The van der Waals surface area contributed by atoms with Gasteiger partial charge in [0.2, 0.25) is 5.91 Å². The first-order valence-electron chi connectivity index (χ1n) is 30.4. The lowest BCUT2D eigenvalue weighted by Crippen LogP contribution is -2.45. The molecule has 0 fully saturated rings. The molecule has 404 valence electrons. The second kappa shape index (κ2) is 58.4. The molecule has 0 aromatic rings. The summed E-state index contributed by atoms with van der Waals surface area (Å²) in [7, 11) is 0. The van der Waals surface area contributed by atoms with Gasteiger partial charge in [0.15, 0.2) is 0 Å². The molecule has 0 aliphatic rings. The van der Waals surface area contributed by atoms with Crippen molar-refractivity contribution in [2.75, 3.05) is 13.2 Å². The van der Waals surface area contributed by atoms with E-state index in [0.717, 1.165) is 83.5 Å². The van der Waals surface area contributed by atoms with E-state index in [1.54, 1.807) is 6.08 Å². The Morgan fingerprint density at radius 1 is 0.406 bits per heavy atom. The predicted molar refractivity (Wildman–Crippen MR) is 301 cm³/mol. The maximum Gasteiger partial charge on any atom is 0.305 e. The van der Waals surface area contributed by atoms with Gasteiger partial charge in [0, 0.05) is 12.8 Å². The fraction of sp³-hybridized carbons (Fsp3) is 0.841. The van der Waals surface area contributed by atoms with Crippen molar-refractivity contribution in [2.45, 2.75) is 328 Å². The van der Waals surface area contributed by atoms with Gasteiger partial charge in [-0.25, -0.2) is 0 Å². The summed E-state index contributed by atoms with van der Waals surface area (Å²) in [5, 5.41) is 23.2. The highest BCUT2D eigenvalue weighted by Crippen LogP contribution is 2.17. The van der Waals surface area contributed by atoms with E-state index >= 15 is 0 Å². The van der Waals surface area contributed by atoms with E-state index < -0.39 is 12.1 Å². The lowest BCUT2D eigenvalue weighted by molar-refractivity contribution is -0.143. The zero-order valence-corrected chi connectivity index (χ0v) is 46.0. The Labute approximate surface area is 429 Å². The van der Waals surface area contributed by atoms with Crippen LogP contribution >= 0.6 is 0 Å². The van der Waals surface area contributed by atoms with Crippen LogP contribution in [0.15, 0.2) is 48.6 Å². The summed E-state index contributed by atoms with van der Waals surface area (Å²) in [4.78, 5) is 24.6. The fourth-order valence-corrected chi connectivity index (χ4v) is 9.13. The SMILES string of the molecule is CCCCC/C=C\C/C=C\CCCCCCCCCCCC(=O)OCCCC/C=C\CCCCCCC(=O)NC(CO)C(O)/C=C/CCCCCCCCCCCCCCCCCCCCCCC. The Kier molecular flexibility index (Phi) is 56.5. The van der Waals surface area contributed by atoms with E-state index in [0.29, 0.717) is 19.4 Å². The van der Waals surface area contributed by atoms with Gasteiger partial charge in [0.05, 0.1) is 25.4 Å². The summed E-state index contributed by atoms with van der Waals surface area (Å²) < 4.78 is 5.45. The zero-order chi connectivity index (χ0) is 50.0. The van der Waals surface area contributed by atoms with Crippen LogP contribution in [0.25, 0.3) is 0 Å². The molecule has 0 aromatic carbocycles. The van der Waals surface area contributed by atoms with Crippen molar-refractivity contribution in [3.8, 4) is 0 Å². The van der Waals surface area contributed by atoms with E-state index in [1.807, 2.05) is 6.08 Å². The minimum Gasteiger partial charge on any atom is -0.466 e. The normalized spacial score (nSPS) is 12.9. The van der Waals surface area contributed by atoms with E-state index in [-0.39, 0.29) is 18.5 Å². The molecular formula is C63H117NO5. The fourth-order valence-electron chi connectivity index (χ4n) is 9.13. The molecule has 0 saturated heterocycles. The van der Waals surface area contributed by atoms with E-state index in [4.69, 9.17) is 4.74 Å². The number of amides is 1. The third kappa shape index (κ3) is 55.0. The number of carbonyl (C=O) groups is 2. The number of unbranched alkanes of at least 4 members (excludes halogenated alkanes) is 39. The molecule has 0 saturated carbocycles. The summed E-state index contributed by atoms with van der Waals surface area (Å²) in [5.41, 5.74) is 0. The minimum atomic E-state index is -0.869. The first-order valence-corrected chi connectivity index (χ1v) is 30.4.